The fourth-order valence-electron chi connectivity index (χ4n) is 2.48. The van der Waals surface area contributed by atoms with Crippen molar-refractivity contribution in [1.82, 2.24) is 9.97 Å². The third-order valence-corrected chi connectivity index (χ3v) is 4.09. The lowest BCUT2D eigenvalue weighted by Gasteiger charge is -2.11. The minimum Gasteiger partial charge on any atom is -0.334 e. The van der Waals surface area contributed by atoms with Crippen LogP contribution >= 0.6 is 11.6 Å². The molecule has 0 amide bonds. The molecule has 0 bridgehead atoms. The van der Waals surface area contributed by atoms with Crippen molar-refractivity contribution in [3.8, 4) is 0 Å². The largest absolute Gasteiger partial charge is 0.334 e. The number of H-pyrrole nitrogens is 1. The van der Waals surface area contributed by atoms with Gasteiger partial charge in [-0.2, -0.15) is 0 Å². The molecule has 1 heterocycles. The summed E-state index contributed by atoms with van der Waals surface area (Å²) in [5.74, 6) is -1.26. The second-order valence-corrected chi connectivity index (χ2v) is 6.01. The summed E-state index contributed by atoms with van der Waals surface area (Å²) in [5.41, 5.74) is 0.941. The molecule has 0 spiro atoms. The van der Waals surface area contributed by atoms with Crippen molar-refractivity contribution >= 4 is 22.5 Å². The molecule has 0 aliphatic carbocycles. The van der Waals surface area contributed by atoms with Crippen molar-refractivity contribution in [2.45, 2.75) is 19.5 Å². The minimum absolute atomic E-state index is 0.125. The van der Waals surface area contributed by atoms with Gasteiger partial charge in [-0.15, -0.1) is 0 Å². The van der Waals surface area contributed by atoms with Gasteiger partial charge in [0.15, 0.2) is 17.5 Å². The highest BCUT2D eigenvalue weighted by molar-refractivity contribution is 6.31. The minimum atomic E-state index is -0.875. The first-order valence-electron chi connectivity index (χ1n) is 7.41. The smallest absolute Gasteiger partial charge is 0.258 e. The molecule has 0 fully saturated rings. The van der Waals surface area contributed by atoms with E-state index in [4.69, 9.17) is 11.6 Å². The van der Waals surface area contributed by atoms with E-state index in [0.717, 1.165) is 6.07 Å². The number of nitrogens with one attached hydrogen (secondary N) is 1. The van der Waals surface area contributed by atoms with E-state index in [2.05, 4.69) is 9.97 Å². The number of halogens is 3. The third kappa shape index (κ3) is 3.44. The fourth-order valence-corrected chi connectivity index (χ4v) is 2.64. The van der Waals surface area contributed by atoms with Crippen LogP contribution in [-0.4, -0.2) is 9.97 Å². The van der Waals surface area contributed by atoms with E-state index in [0.29, 0.717) is 33.9 Å². The predicted octanol–water partition coefficient (Wildman–Crippen LogP) is 2.68. The average Bonchev–Trinajstić information content (AvgIpc) is 2.54. The molecule has 3 rings (SSSR count). The molecule has 0 radical (unpaired) electrons. The molecule has 4 nitrogen and oxygen atoms in total. The van der Waals surface area contributed by atoms with Gasteiger partial charge >= 0.3 is 0 Å². The number of fused-ring (bicyclic) bond motifs is 1. The average molecular weight is 351 g/mol. The molecule has 3 N–H and O–H groups in total. The quantitative estimate of drug-likeness (QED) is 0.760. The van der Waals surface area contributed by atoms with Gasteiger partial charge in [0.1, 0.15) is 12.6 Å². The second-order valence-electron chi connectivity index (χ2n) is 5.58. The Morgan fingerprint density at radius 3 is 2.75 bits per heavy atom. The zero-order chi connectivity index (χ0) is 17.3. The van der Waals surface area contributed by atoms with Crippen molar-refractivity contribution in [2.75, 3.05) is 0 Å². The van der Waals surface area contributed by atoms with Gasteiger partial charge in [-0.1, -0.05) is 11.6 Å². The maximum Gasteiger partial charge on any atom is 0.258 e. The molecule has 0 saturated carbocycles. The SMILES string of the molecule is C[C@@H]([NH2+]Cc1nc2cc(Cl)ccc2c(=O)[nH]1)c1ccc(F)c(F)c1. The van der Waals surface area contributed by atoms with E-state index < -0.39 is 11.6 Å². The molecule has 7 heteroatoms. The van der Waals surface area contributed by atoms with Crippen molar-refractivity contribution in [2.24, 2.45) is 0 Å². The first-order valence-corrected chi connectivity index (χ1v) is 7.78. The van der Waals surface area contributed by atoms with Crippen LogP contribution in [-0.2, 0) is 6.54 Å². The van der Waals surface area contributed by atoms with Crippen LogP contribution in [0, 0.1) is 11.6 Å². The number of hydrogen-bond acceptors (Lipinski definition) is 2. The van der Waals surface area contributed by atoms with Crippen molar-refractivity contribution in [3.05, 3.63) is 74.8 Å². The molecule has 0 aliphatic rings. The summed E-state index contributed by atoms with van der Waals surface area (Å²) in [6.07, 6.45) is 0. The number of aromatic nitrogens is 2. The normalized spacial score (nSPS) is 12.5. The molecule has 24 heavy (non-hydrogen) atoms. The highest BCUT2D eigenvalue weighted by Gasteiger charge is 2.13. The Kier molecular flexibility index (Phi) is 4.59. The van der Waals surface area contributed by atoms with E-state index in [9.17, 15) is 13.6 Å². The molecule has 0 aliphatic heterocycles. The van der Waals surface area contributed by atoms with Gasteiger partial charge in [0.25, 0.3) is 5.56 Å². The van der Waals surface area contributed by atoms with E-state index in [1.54, 1.807) is 18.2 Å². The Morgan fingerprint density at radius 2 is 2.00 bits per heavy atom. The summed E-state index contributed by atoms with van der Waals surface area (Å²) in [7, 11) is 0. The zero-order valence-electron chi connectivity index (χ0n) is 12.8. The standard InChI is InChI=1S/C17H14ClF2N3O/c1-9(10-2-5-13(19)14(20)6-10)21-8-16-22-15-7-11(18)3-4-12(15)17(24)23-16/h2-7,9,21H,8H2,1H3,(H,22,23,24)/p+1/t9-/m1/s1. The number of benzene rings is 2. The molecular formula is C17H15ClF2N3O+. The molecule has 1 aromatic heterocycles. The Balaban J connectivity index is 1.79. The van der Waals surface area contributed by atoms with Crippen LogP contribution < -0.4 is 10.9 Å². The summed E-state index contributed by atoms with van der Waals surface area (Å²) in [6.45, 7) is 2.25. The monoisotopic (exact) mass is 350 g/mol. The molecule has 0 saturated heterocycles. The highest BCUT2D eigenvalue weighted by atomic mass is 35.5. The first kappa shape index (κ1) is 16.5. The lowest BCUT2D eigenvalue weighted by Crippen LogP contribution is -2.83. The molecule has 0 unspecified atom stereocenters. The maximum atomic E-state index is 13.3. The number of nitrogens with zero attached hydrogens (tertiary/aromatic N) is 1. The van der Waals surface area contributed by atoms with Gasteiger partial charge in [-0.25, -0.2) is 13.8 Å². The van der Waals surface area contributed by atoms with Gasteiger partial charge in [-0.05, 0) is 43.3 Å². The highest BCUT2D eigenvalue weighted by Crippen LogP contribution is 2.15. The molecule has 2 aromatic carbocycles. The Hall–Kier alpha value is -2.31. The summed E-state index contributed by atoms with van der Waals surface area (Å²) >= 11 is 5.93. The van der Waals surface area contributed by atoms with Crippen LogP contribution in [0.2, 0.25) is 5.02 Å². The van der Waals surface area contributed by atoms with Crippen molar-refractivity contribution in [3.63, 3.8) is 0 Å². The summed E-state index contributed by atoms with van der Waals surface area (Å²) in [5, 5.41) is 2.85. The molecule has 3 aromatic rings. The van der Waals surface area contributed by atoms with Gasteiger partial charge in [0.2, 0.25) is 0 Å². The van der Waals surface area contributed by atoms with E-state index >= 15 is 0 Å². The van der Waals surface area contributed by atoms with E-state index in [1.807, 2.05) is 12.2 Å². The third-order valence-electron chi connectivity index (χ3n) is 3.85. The number of aromatic amines is 1. The van der Waals surface area contributed by atoms with E-state index in [1.165, 1.54) is 12.1 Å². The number of nitrogens with two attached hydrogens (primary N) is 1. The number of quaternary nitrogens is 1. The van der Waals surface area contributed by atoms with Crippen LogP contribution in [0.5, 0.6) is 0 Å². The van der Waals surface area contributed by atoms with Crippen LogP contribution in [0.4, 0.5) is 8.78 Å². The lowest BCUT2D eigenvalue weighted by molar-refractivity contribution is -0.708. The topological polar surface area (TPSA) is 62.4 Å². The predicted molar refractivity (Wildman–Crippen MR) is 87.8 cm³/mol. The van der Waals surface area contributed by atoms with Gasteiger partial charge < -0.3 is 10.3 Å². The van der Waals surface area contributed by atoms with E-state index in [-0.39, 0.29) is 11.6 Å². The van der Waals surface area contributed by atoms with Gasteiger partial charge in [0, 0.05) is 10.6 Å². The van der Waals surface area contributed by atoms with Gasteiger partial charge in [-0.3, -0.25) is 4.79 Å². The summed E-state index contributed by atoms with van der Waals surface area (Å²) in [4.78, 5) is 19.2. The summed E-state index contributed by atoms with van der Waals surface area (Å²) in [6, 6.07) is 8.59. The zero-order valence-corrected chi connectivity index (χ0v) is 13.6. The van der Waals surface area contributed by atoms with Crippen LogP contribution in [0.1, 0.15) is 24.4 Å². The Labute approximate surface area is 141 Å². The fraction of sp³-hybridized carbons (Fsp3) is 0.176. The Morgan fingerprint density at radius 1 is 1.21 bits per heavy atom. The van der Waals surface area contributed by atoms with Crippen LogP contribution in [0.25, 0.3) is 10.9 Å². The maximum absolute atomic E-state index is 13.3. The van der Waals surface area contributed by atoms with Gasteiger partial charge in [0.05, 0.1) is 10.9 Å². The molecular weight excluding hydrogens is 336 g/mol. The molecule has 124 valence electrons. The van der Waals surface area contributed by atoms with Crippen molar-refractivity contribution in [1.29, 1.82) is 0 Å². The van der Waals surface area contributed by atoms with Crippen LogP contribution in [0.3, 0.4) is 0 Å². The van der Waals surface area contributed by atoms with Crippen molar-refractivity contribution < 1.29 is 14.1 Å². The Bertz CT molecular complexity index is 958. The summed E-state index contributed by atoms with van der Waals surface area (Å²) < 4.78 is 26.3. The lowest BCUT2D eigenvalue weighted by atomic mass is 10.1. The number of hydrogen-bond donors (Lipinski definition) is 2. The van der Waals surface area contributed by atoms with Crippen LogP contribution in [0.15, 0.2) is 41.2 Å². The second kappa shape index (κ2) is 6.67. The number of rotatable bonds is 4. The first-order chi connectivity index (χ1) is 11.4. The molecule has 1 atom stereocenters.